The Bertz CT molecular complexity index is 832. The number of amides is 1. The van der Waals surface area contributed by atoms with E-state index in [2.05, 4.69) is 10.0 Å². The minimum atomic E-state index is -3.71. The van der Waals surface area contributed by atoms with Crippen LogP contribution in [0.3, 0.4) is 0 Å². The number of hydrogen-bond donors (Lipinski definition) is 2. The summed E-state index contributed by atoms with van der Waals surface area (Å²) in [6.45, 7) is 4.10. The zero-order valence-corrected chi connectivity index (χ0v) is 15.3. The highest BCUT2D eigenvalue weighted by atomic mass is 32.2. The molecule has 1 amide bonds. The van der Waals surface area contributed by atoms with Gasteiger partial charge >= 0.3 is 0 Å². The predicted octanol–water partition coefficient (Wildman–Crippen LogP) is 2.56. The van der Waals surface area contributed by atoms with Gasteiger partial charge in [-0.25, -0.2) is 8.42 Å². The Balaban J connectivity index is 2.15. The Morgan fingerprint density at radius 2 is 1.84 bits per heavy atom. The molecule has 0 aromatic heterocycles. The average molecular weight is 362 g/mol. The largest absolute Gasteiger partial charge is 0.383 e. The van der Waals surface area contributed by atoms with Gasteiger partial charge in [0.05, 0.1) is 11.5 Å². The molecule has 6 nitrogen and oxygen atoms in total. The SMILES string of the molecule is COC[C@@H](C)NC(=O)c1cccc(NS(=O)(=O)c2ccc(C)cc2)c1. The van der Waals surface area contributed by atoms with Crippen molar-refractivity contribution in [3.63, 3.8) is 0 Å². The molecule has 0 bridgehead atoms. The van der Waals surface area contributed by atoms with Gasteiger partial charge in [0.1, 0.15) is 0 Å². The summed E-state index contributed by atoms with van der Waals surface area (Å²) in [6.07, 6.45) is 0. The summed E-state index contributed by atoms with van der Waals surface area (Å²) >= 11 is 0. The van der Waals surface area contributed by atoms with Crippen LogP contribution in [0.2, 0.25) is 0 Å². The van der Waals surface area contributed by atoms with E-state index in [4.69, 9.17) is 4.74 Å². The topological polar surface area (TPSA) is 84.5 Å². The van der Waals surface area contributed by atoms with Crippen LogP contribution in [0.4, 0.5) is 5.69 Å². The molecule has 0 aliphatic carbocycles. The van der Waals surface area contributed by atoms with Gasteiger partial charge < -0.3 is 10.1 Å². The van der Waals surface area contributed by atoms with Crippen LogP contribution >= 0.6 is 0 Å². The maximum absolute atomic E-state index is 12.4. The Hall–Kier alpha value is -2.38. The lowest BCUT2D eigenvalue weighted by molar-refractivity contribution is 0.0905. The van der Waals surface area contributed by atoms with Gasteiger partial charge in [0.15, 0.2) is 0 Å². The van der Waals surface area contributed by atoms with Gasteiger partial charge in [-0.05, 0) is 44.2 Å². The summed E-state index contributed by atoms with van der Waals surface area (Å²) in [5.74, 6) is -0.291. The normalized spacial score (nSPS) is 12.4. The molecule has 2 aromatic carbocycles. The fourth-order valence-corrected chi connectivity index (χ4v) is 3.30. The lowest BCUT2D eigenvalue weighted by atomic mass is 10.2. The Labute approximate surface area is 148 Å². The highest BCUT2D eigenvalue weighted by Crippen LogP contribution is 2.18. The first-order chi connectivity index (χ1) is 11.8. The van der Waals surface area contributed by atoms with Crippen LogP contribution in [-0.4, -0.2) is 34.1 Å². The second-order valence-corrected chi connectivity index (χ2v) is 7.51. The van der Waals surface area contributed by atoms with E-state index in [9.17, 15) is 13.2 Å². The fraction of sp³-hybridized carbons (Fsp3) is 0.278. The summed E-state index contributed by atoms with van der Waals surface area (Å²) in [7, 11) is -2.15. The van der Waals surface area contributed by atoms with E-state index in [1.165, 1.54) is 6.07 Å². The molecule has 1 atom stereocenters. The first-order valence-corrected chi connectivity index (χ1v) is 9.29. The van der Waals surface area contributed by atoms with E-state index >= 15 is 0 Å². The summed E-state index contributed by atoms with van der Waals surface area (Å²) in [5, 5.41) is 2.78. The third-order valence-corrected chi connectivity index (χ3v) is 4.90. The van der Waals surface area contributed by atoms with Gasteiger partial charge in [0.25, 0.3) is 15.9 Å². The smallest absolute Gasteiger partial charge is 0.261 e. The second kappa shape index (κ2) is 8.13. The maximum Gasteiger partial charge on any atom is 0.261 e. The minimum absolute atomic E-state index is 0.148. The van der Waals surface area contributed by atoms with Crippen molar-refractivity contribution in [1.82, 2.24) is 5.32 Å². The molecule has 0 heterocycles. The molecule has 2 rings (SSSR count). The lowest BCUT2D eigenvalue weighted by Gasteiger charge is -2.14. The number of benzene rings is 2. The Kier molecular flexibility index (Phi) is 6.17. The van der Waals surface area contributed by atoms with E-state index < -0.39 is 10.0 Å². The lowest BCUT2D eigenvalue weighted by Crippen LogP contribution is -2.35. The molecule has 0 saturated carbocycles. The molecule has 0 spiro atoms. The van der Waals surface area contributed by atoms with Gasteiger partial charge in [-0.2, -0.15) is 0 Å². The van der Waals surface area contributed by atoms with Gasteiger partial charge in [-0.15, -0.1) is 0 Å². The van der Waals surface area contributed by atoms with E-state index in [1.807, 2.05) is 13.8 Å². The van der Waals surface area contributed by atoms with Crippen LogP contribution in [0.25, 0.3) is 0 Å². The molecule has 0 aliphatic heterocycles. The molecular formula is C18H22N2O4S. The number of carbonyl (C=O) groups excluding carboxylic acids is 1. The minimum Gasteiger partial charge on any atom is -0.383 e. The molecular weight excluding hydrogens is 340 g/mol. The highest BCUT2D eigenvalue weighted by molar-refractivity contribution is 7.92. The van der Waals surface area contributed by atoms with Crippen molar-refractivity contribution in [2.24, 2.45) is 0 Å². The van der Waals surface area contributed by atoms with Gasteiger partial charge in [-0.1, -0.05) is 23.8 Å². The van der Waals surface area contributed by atoms with Crippen molar-refractivity contribution in [1.29, 1.82) is 0 Å². The van der Waals surface area contributed by atoms with Crippen LogP contribution < -0.4 is 10.0 Å². The molecule has 0 unspecified atom stereocenters. The Morgan fingerprint density at radius 3 is 2.48 bits per heavy atom. The van der Waals surface area contributed by atoms with E-state index in [0.29, 0.717) is 17.9 Å². The van der Waals surface area contributed by atoms with Crippen LogP contribution in [-0.2, 0) is 14.8 Å². The molecule has 0 saturated heterocycles. The van der Waals surface area contributed by atoms with Crippen LogP contribution in [0.1, 0.15) is 22.8 Å². The van der Waals surface area contributed by atoms with Crippen LogP contribution in [0.5, 0.6) is 0 Å². The second-order valence-electron chi connectivity index (χ2n) is 5.83. The van der Waals surface area contributed by atoms with Crippen molar-refractivity contribution >= 4 is 21.6 Å². The number of carbonyl (C=O) groups is 1. The standard InChI is InChI=1S/C18H22N2O4S/c1-13-7-9-17(10-8-13)25(22,23)20-16-6-4-5-15(11-16)18(21)19-14(2)12-24-3/h4-11,14,20H,12H2,1-3H3,(H,19,21)/t14-/m1/s1. The number of anilines is 1. The molecule has 134 valence electrons. The monoisotopic (exact) mass is 362 g/mol. The number of hydrogen-bond acceptors (Lipinski definition) is 4. The summed E-state index contributed by atoms with van der Waals surface area (Å²) < 4.78 is 32.3. The van der Waals surface area contributed by atoms with Crippen molar-refractivity contribution in [3.05, 3.63) is 59.7 Å². The van der Waals surface area contributed by atoms with E-state index in [0.717, 1.165) is 5.56 Å². The number of nitrogens with one attached hydrogen (secondary N) is 2. The van der Waals surface area contributed by atoms with Crippen molar-refractivity contribution < 1.29 is 17.9 Å². The zero-order valence-electron chi connectivity index (χ0n) is 14.4. The summed E-state index contributed by atoms with van der Waals surface area (Å²) in [4.78, 5) is 12.4. The first-order valence-electron chi connectivity index (χ1n) is 7.81. The molecule has 2 N–H and O–H groups in total. The molecule has 0 fully saturated rings. The molecule has 0 radical (unpaired) electrons. The molecule has 0 aliphatic rings. The summed E-state index contributed by atoms with van der Waals surface area (Å²) in [5.41, 5.74) is 1.67. The zero-order chi connectivity index (χ0) is 18.4. The van der Waals surface area contributed by atoms with Crippen LogP contribution in [0, 0.1) is 6.92 Å². The summed E-state index contributed by atoms with van der Waals surface area (Å²) in [6, 6.07) is 12.8. The van der Waals surface area contributed by atoms with Crippen molar-refractivity contribution in [3.8, 4) is 0 Å². The van der Waals surface area contributed by atoms with Crippen LogP contribution in [0.15, 0.2) is 53.4 Å². The number of methoxy groups -OCH3 is 1. The van der Waals surface area contributed by atoms with Gasteiger partial charge in [0, 0.05) is 24.4 Å². The fourth-order valence-electron chi connectivity index (χ4n) is 2.25. The quantitative estimate of drug-likeness (QED) is 0.793. The highest BCUT2D eigenvalue weighted by Gasteiger charge is 2.15. The number of rotatable bonds is 7. The molecule has 25 heavy (non-hydrogen) atoms. The third-order valence-electron chi connectivity index (χ3n) is 3.50. The number of sulfonamides is 1. The molecule has 2 aromatic rings. The number of aryl methyl sites for hydroxylation is 1. The number of ether oxygens (including phenoxy) is 1. The first kappa shape index (κ1) is 19.0. The van der Waals surface area contributed by atoms with E-state index in [1.54, 1.807) is 49.6 Å². The van der Waals surface area contributed by atoms with Gasteiger partial charge in [-0.3, -0.25) is 9.52 Å². The molecule has 7 heteroatoms. The van der Waals surface area contributed by atoms with Gasteiger partial charge in [0.2, 0.25) is 0 Å². The van der Waals surface area contributed by atoms with Crippen molar-refractivity contribution in [2.75, 3.05) is 18.4 Å². The maximum atomic E-state index is 12.4. The van der Waals surface area contributed by atoms with E-state index in [-0.39, 0.29) is 16.8 Å². The Morgan fingerprint density at radius 1 is 1.16 bits per heavy atom. The predicted molar refractivity (Wildman–Crippen MR) is 97.2 cm³/mol. The average Bonchev–Trinajstić information content (AvgIpc) is 2.55. The third kappa shape index (κ3) is 5.30. The van der Waals surface area contributed by atoms with Crippen molar-refractivity contribution in [2.45, 2.75) is 24.8 Å².